The molecule has 1 aromatic carbocycles. The van der Waals surface area contributed by atoms with Crippen molar-refractivity contribution in [1.29, 1.82) is 0 Å². The lowest BCUT2D eigenvalue weighted by molar-refractivity contribution is 0.474. The molecule has 12 heavy (non-hydrogen) atoms. The minimum atomic E-state index is 0. The molecule has 1 rings (SSSR count). The molecule has 0 aliphatic carbocycles. The summed E-state index contributed by atoms with van der Waals surface area (Å²) in [5.74, 6) is 0.138. The molecule has 0 spiro atoms. The molecule has 0 saturated heterocycles. The van der Waals surface area contributed by atoms with Gasteiger partial charge in [-0.25, -0.2) is 0 Å². The number of aromatic hydroxyl groups is 1. The van der Waals surface area contributed by atoms with E-state index < -0.39 is 0 Å². The van der Waals surface area contributed by atoms with Crippen LogP contribution in [0.3, 0.4) is 0 Å². The van der Waals surface area contributed by atoms with E-state index in [1.165, 1.54) is 0 Å². The zero-order valence-electron chi connectivity index (χ0n) is 6.67. The summed E-state index contributed by atoms with van der Waals surface area (Å²) in [5.41, 5.74) is 0.911. The highest BCUT2D eigenvalue weighted by atomic mass is 35.5. The number of benzene rings is 1. The molecule has 0 aromatic heterocycles. The van der Waals surface area contributed by atoms with Crippen LogP contribution in [-0.4, -0.2) is 12.2 Å². The fourth-order valence-corrected chi connectivity index (χ4v) is 1.09. The molecule has 0 fully saturated rings. The van der Waals surface area contributed by atoms with Gasteiger partial charge in [0.25, 0.3) is 0 Å². The van der Waals surface area contributed by atoms with Crippen molar-refractivity contribution in [3.05, 3.63) is 28.8 Å². The van der Waals surface area contributed by atoms with E-state index in [1.54, 1.807) is 12.1 Å². The lowest BCUT2D eigenvalue weighted by Crippen LogP contribution is -2.05. The second kappa shape index (κ2) is 5.25. The fourth-order valence-electron chi connectivity index (χ4n) is 0.893. The summed E-state index contributed by atoms with van der Waals surface area (Å²) in [6.07, 6.45) is 0. The van der Waals surface area contributed by atoms with Gasteiger partial charge in [0.05, 0.1) is 5.02 Å². The lowest BCUT2D eigenvalue weighted by Gasteiger charge is -2.03. The molecular weight excluding hydrogens is 197 g/mol. The molecule has 2 N–H and O–H groups in total. The zero-order chi connectivity index (χ0) is 8.27. The minimum Gasteiger partial charge on any atom is -0.506 e. The Balaban J connectivity index is 0.00000121. The number of phenols is 1. The Kier molecular flexibility index (Phi) is 5.06. The first-order valence-electron chi connectivity index (χ1n) is 3.36. The smallest absolute Gasteiger partial charge is 0.134 e. The maximum atomic E-state index is 9.17. The molecule has 1 aromatic rings. The molecule has 0 aliphatic rings. The van der Waals surface area contributed by atoms with Gasteiger partial charge in [0.1, 0.15) is 5.75 Å². The molecule has 0 heterocycles. The number of rotatable bonds is 2. The van der Waals surface area contributed by atoms with Crippen LogP contribution in [-0.2, 0) is 6.54 Å². The molecule has 2 nitrogen and oxygen atoms in total. The highest BCUT2D eigenvalue weighted by Gasteiger charge is 2.02. The highest BCUT2D eigenvalue weighted by molar-refractivity contribution is 6.32. The zero-order valence-corrected chi connectivity index (χ0v) is 8.25. The maximum Gasteiger partial charge on any atom is 0.134 e. The maximum absolute atomic E-state index is 9.17. The van der Waals surface area contributed by atoms with E-state index in [1.807, 2.05) is 13.1 Å². The summed E-state index contributed by atoms with van der Waals surface area (Å²) in [6, 6.07) is 5.22. The molecule has 0 amide bonds. The first-order chi connectivity index (χ1) is 5.25. The van der Waals surface area contributed by atoms with Crippen molar-refractivity contribution in [2.75, 3.05) is 7.05 Å². The van der Waals surface area contributed by atoms with Crippen LogP contribution in [0.2, 0.25) is 5.02 Å². The van der Waals surface area contributed by atoms with Crippen LogP contribution < -0.4 is 5.32 Å². The van der Waals surface area contributed by atoms with Crippen molar-refractivity contribution in [1.82, 2.24) is 5.32 Å². The van der Waals surface area contributed by atoms with Gasteiger partial charge in [-0.15, -0.1) is 12.4 Å². The number of phenolic OH excluding ortho intramolecular Hbond substituents is 1. The predicted octanol–water partition coefficient (Wildman–Crippen LogP) is 2.19. The predicted molar refractivity (Wildman–Crippen MR) is 53.1 cm³/mol. The van der Waals surface area contributed by atoms with Gasteiger partial charge in [-0.1, -0.05) is 23.7 Å². The van der Waals surface area contributed by atoms with Gasteiger partial charge in [-0.3, -0.25) is 0 Å². The molecule has 0 aliphatic heterocycles. The second-order valence-electron chi connectivity index (χ2n) is 2.28. The highest BCUT2D eigenvalue weighted by Crippen LogP contribution is 2.26. The molecule has 0 atom stereocenters. The van der Waals surface area contributed by atoms with Crippen LogP contribution in [0.5, 0.6) is 5.75 Å². The topological polar surface area (TPSA) is 32.3 Å². The molecule has 0 saturated carbocycles. The monoisotopic (exact) mass is 207 g/mol. The SMILES string of the molecule is CNCc1cccc(O)c1Cl.Cl. The third-order valence-electron chi connectivity index (χ3n) is 1.43. The van der Waals surface area contributed by atoms with Gasteiger partial charge >= 0.3 is 0 Å². The quantitative estimate of drug-likeness (QED) is 0.780. The van der Waals surface area contributed by atoms with Crippen molar-refractivity contribution in [3.8, 4) is 5.75 Å². The van der Waals surface area contributed by atoms with Crippen LogP contribution in [0.15, 0.2) is 18.2 Å². The standard InChI is InChI=1S/C8H10ClNO.ClH/c1-10-5-6-3-2-4-7(11)8(6)9;/h2-4,10-11H,5H2,1H3;1H. The van der Waals surface area contributed by atoms with Crippen molar-refractivity contribution in [2.45, 2.75) is 6.54 Å². The third-order valence-corrected chi connectivity index (χ3v) is 1.86. The molecular formula is C8H11Cl2NO. The van der Waals surface area contributed by atoms with Crippen LogP contribution in [0, 0.1) is 0 Å². The van der Waals surface area contributed by atoms with Crippen LogP contribution >= 0.6 is 24.0 Å². The van der Waals surface area contributed by atoms with E-state index >= 15 is 0 Å². The van der Waals surface area contributed by atoms with E-state index in [-0.39, 0.29) is 18.2 Å². The van der Waals surface area contributed by atoms with Crippen LogP contribution in [0.1, 0.15) is 5.56 Å². The summed E-state index contributed by atoms with van der Waals surface area (Å²) >= 11 is 5.78. The first kappa shape index (κ1) is 11.6. The lowest BCUT2D eigenvalue weighted by atomic mass is 10.2. The first-order valence-corrected chi connectivity index (χ1v) is 3.74. The summed E-state index contributed by atoms with van der Waals surface area (Å²) in [6.45, 7) is 0.674. The van der Waals surface area contributed by atoms with Crippen LogP contribution in [0.25, 0.3) is 0 Å². The van der Waals surface area contributed by atoms with Gasteiger partial charge in [-0.2, -0.15) is 0 Å². The van der Waals surface area contributed by atoms with Crippen LogP contribution in [0.4, 0.5) is 0 Å². The summed E-state index contributed by atoms with van der Waals surface area (Å²) in [7, 11) is 1.83. The molecule has 68 valence electrons. The van der Waals surface area contributed by atoms with Crippen molar-refractivity contribution >= 4 is 24.0 Å². The van der Waals surface area contributed by atoms with Gasteiger partial charge in [0.2, 0.25) is 0 Å². The Labute approximate surface area is 83.0 Å². The molecule has 0 unspecified atom stereocenters. The Hall–Kier alpha value is -0.440. The normalized spacial score (nSPS) is 9.17. The molecule has 4 heteroatoms. The van der Waals surface area contributed by atoms with Crippen molar-refractivity contribution in [2.24, 2.45) is 0 Å². The second-order valence-corrected chi connectivity index (χ2v) is 2.66. The summed E-state index contributed by atoms with van der Waals surface area (Å²) in [4.78, 5) is 0. The van der Waals surface area contributed by atoms with Crippen molar-refractivity contribution in [3.63, 3.8) is 0 Å². The summed E-state index contributed by atoms with van der Waals surface area (Å²) in [5, 5.41) is 12.6. The minimum absolute atomic E-state index is 0. The largest absolute Gasteiger partial charge is 0.506 e. The fraction of sp³-hybridized carbons (Fsp3) is 0.250. The van der Waals surface area contributed by atoms with E-state index in [0.717, 1.165) is 5.56 Å². The Morgan fingerprint density at radius 2 is 2.17 bits per heavy atom. The molecule has 0 bridgehead atoms. The third kappa shape index (κ3) is 2.55. The number of hydrogen-bond acceptors (Lipinski definition) is 2. The van der Waals surface area contributed by atoms with Gasteiger partial charge in [-0.05, 0) is 18.7 Å². The van der Waals surface area contributed by atoms with Gasteiger partial charge < -0.3 is 10.4 Å². The summed E-state index contributed by atoms with van der Waals surface area (Å²) < 4.78 is 0. The van der Waals surface area contributed by atoms with Crippen molar-refractivity contribution < 1.29 is 5.11 Å². The van der Waals surface area contributed by atoms with E-state index in [2.05, 4.69) is 5.32 Å². The number of nitrogens with one attached hydrogen (secondary N) is 1. The van der Waals surface area contributed by atoms with Gasteiger partial charge in [0, 0.05) is 6.54 Å². The Bertz CT molecular complexity index is 253. The average molecular weight is 208 g/mol. The van der Waals surface area contributed by atoms with E-state index in [9.17, 15) is 0 Å². The number of hydrogen-bond donors (Lipinski definition) is 2. The average Bonchev–Trinajstić information content (AvgIpc) is 1.99. The van der Waals surface area contributed by atoms with E-state index in [0.29, 0.717) is 11.6 Å². The molecule has 0 radical (unpaired) electrons. The Morgan fingerprint density at radius 3 is 2.75 bits per heavy atom. The Morgan fingerprint density at radius 1 is 1.50 bits per heavy atom. The number of halogens is 2. The van der Waals surface area contributed by atoms with E-state index in [4.69, 9.17) is 16.7 Å². The van der Waals surface area contributed by atoms with Gasteiger partial charge in [0.15, 0.2) is 0 Å².